The number of hydrogen-bond donors (Lipinski definition) is 1. The van der Waals surface area contributed by atoms with E-state index in [-0.39, 0.29) is 11.7 Å². The minimum atomic E-state index is -2.17. The van der Waals surface area contributed by atoms with Crippen LogP contribution in [0.5, 0.6) is 0 Å². The molecule has 4 nitrogen and oxygen atoms in total. The van der Waals surface area contributed by atoms with Crippen LogP contribution in [-0.2, 0) is 21.6 Å². The van der Waals surface area contributed by atoms with Gasteiger partial charge in [0.2, 0.25) is 5.91 Å². The van der Waals surface area contributed by atoms with Crippen LogP contribution in [0.25, 0.3) is 0 Å². The molecule has 82 valence electrons. The molecule has 0 bridgehead atoms. The summed E-state index contributed by atoms with van der Waals surface area (Å²) in [6, 6.07) is 4.70. The van der Waals surface area contributed by atoms with E-state index in [9.17, 15) is 13.6 Å². The maximum absolute atomic E-state index is 10.7. The number of anilines is 1. The van der Waals surface area contributed by atoms with E-state index in [0.29, 0.717) is 16.3 Å². The third-order valence-corrected chi connectivity index (χ3v) is 2.55. The summed E-state index contributed by atoms with van der Waals surface area (Å²) in [5.41, 5.74) is 1.06. The lowest BCUT2D eigenvalue weighted by atomic mass is 10.2. The molecule has 0 heterocycles. The lowest BCUT2D eigenvalue weighted by Gasteiger charge is -2.09. The van der Waals surface area contributed by atoms with Gasteiger partial charge in [0.1, 0.15) is 0 Å². The van der Waals surface area contributed by atoms with Crippen molar-refractivity contribution in [3.63, 3.8) is 0 Å². The number of carbonyl (C=O) groups excluding carboxylic acids is 1. The molecular weight excluding hydrogens is 238 g/mol. The molecule has 1 N–H and O–H groups in total. The minimum Gasteiger partial charge on any atom is -0.772 e. The Balaban J connectivity index is 2.87. The molecule has 1 rings (SSSR count). The Morgan fingerprint density at radius 3 is 2.73 bits per heavy atom. The Bertz CT molecular complexity index is 408. The maximum atomic E-state index is 10.7. The van der Waals surface area contributed by atoms with E-state index >= 15 is 0 Å². The molecule has 0 spiro atoms. The van der Waals surface area contributed by atoms with E-state index in [4.69, 9.17) is 11.6 Å². The van der Waals surface area contributed by atoms with Gasteiger partial charge < -0.3 is 9.87 Å². The number of halogens is 1. The van der Waals surface area contributed by atoms with Crippen molar-refractivity contribution in [2.75, 3.05) is 5.32 Å². The second kappa shape index (κ2) is 5.25. The summed E-state index contributed by atoms with van der Waals surface area (Å²) >= 11 is 3.67. The Morgan fingerprint density at radius 1 is 1.60 bits per heavy atom. The van der Waals surface area contributed by atoms with Crippen LogP contribution in [0.2, 0.25) is 5.02 Å². The molecule has 15 heavy (non-hydrogen) atoms. The first-order valence-corrected chi connectivity index (χ1v) is 5.73. The quantitative estimate of drug-likeness (QED) is 0.825. The van der Waals surface area contributed by atoms with Gasteiger partial charge in [0.25, 0.3) is 0 Å². The van der Waals surface area contributed by atoms with Crippen LogP contribution >= 0.6 is 11.6 Å². The van der Waals surface area contributed by atoms with Crippen LogP contribution in [0.1, 0.15) is 12.5 Å². The van der Waals surface area contributed by atoms with Crippen molar-refractivity contribution < 1.29 is 13.6 Å². The Hall–Kier alpha value is -0.910. The predicted octanol–water partition coefficient (Wildman–Crippen LogP) is 1.68. The zero-order chi connectivity index (χ0) is 11.4. The molecular formula is C9H9ClNO3S-. The first-order valence-electron chi connectivity index (χ1n) is 4.11. The molecule has 1 unspecified atom stereocenters. The lowest BCUT2D eigenvalue weighted by Crippen LogP contribution is -2.06. The standard InChI is InChI=1S/C9H10ClNO3S/c1-6(12)11-8-3-2-7(5-15(13)14)9(10)4-8/h2-4H,5H2,1H3,(H,11,12)(H,13,14)/p-1. The molecule has 0 saturated carbocycles. The molecule has 0 saturated heterocycles. The Morgan fingerprint density at radius 2 is 2.27 bits per heavy atom. The van der Waals surface area contributed by atoms with E-state index < -0.39 is 11.1 Å². The van der Waals surface area contributed by atoms with Crippen molar-refractivity contribution in [3.05, 3.63) is 28.8 Å². The summed E-state index contributed by atoms with van der Waals surface area (Å²) in [5, 5.41) is 2.87. The highest BCUT2D eigenvalue weighted by atomic mass is 35.5. The number of rotatable bonds is 3. The first kappa shape index (κ1) is 12.2. The average molecular weight is 247 g/mol. The van der Waals surface area contributed by atoms with Gasteiger partial charge in [-0.2, -0.15) is 0 Å². The number of benzene rings is 1. The Labute approximate surface area is 94.9 Å². The zero-order valence-electron chi connectivity index (χ0n) is 7.95. The van der Waals surface area contributed by atoms with E-state index in [1.165, 1.54) is 13.0 Å². The van der Waals surface area contributed by atoms with E-state index in [0.717, 1.165) is 0 Å². The van der Waals surface area contributed by atoms with Gasteiger partial charge in [-0.1, -0.05) is 28.7 Å². The fraction of sp³-hybridized carbons (Fsp3) is 0.222. The van der Waals surface area contributed by atoms with Crippen LogP contribution < -0.4 is 5.32 Å². The average Bonchev–Trinajstić information content (AvgIpc) is 2.08. The van der Waals surface area contributed by atoms with E-state index in [2.05, 4.69) is 5.32 Å². The molecule has 1 amide bonds. The van der Waals surface area contributed by atoms with Gasteiger partial charge >= 0.3 is 0 Å². The predicted molar refractivity (Wildman–Crippen MR) is 58.4 cm³/mol. The third kappa shape index (κ3) is 3.99. The van der Waals surface area contributed by atoms with E-state index in [1.54, 1.807) is 12.1 Å². The van der Waals surface area contributed by atoms with Crippen molar-refractivity contribution in [1.29, 1.82) is 0 Å². The van der Waals surface area contributed by atoms with Crippen LogP contribution in [0, 0.1) is 0 Å². The topological polar surface area (TPSA) is 69.2 Å². The molecule has 0 radical (unpaired) electrons. The second-order valence-corrected chi connectivity index (χ2v) is 4.24. The molecule has 0 aromatic heterocycles. The number of hydrogen-bond acceptors (Lipinski definition) is 3. The molecule has 1 aromatic rings. The highest BCUT2D eigenvalue weighted by molar-refractivity contribution is 7.78. The first-order chi connectivity index (χ1) is 6.99. The second-order valence-electron chi connectivity index (χ2n) is 2.94. The fourth-order valence-corrected chi connectivity index (χ4v) is 1.90. The molecule has 0 aliphatic carbocycles. The smallest absolute Gasteiger partial charge is 0.221 e. The van der Waals surface area contributed by atoms with Crippen LogP contribution in [0.4, 0.5) is 5.69 Å². The summed E-state index contributed by atoms with van der Waals surface area (Å²) in [6.45, 7) is 1.38. The fourth-order valence-electron chi connectivity index (χ4n) is 1.07. The molecule has 0 aliphatic heterocycles. The highest BCUT2D eigenvalue weighted by Crippen LogP contribution is 2.21. The summed E-state index contributed by atoms with van der Waals surface area (Å²) in [7, 11) is 0. The third-order valence-electron chi connectivity index (χ3n) is 1.65. The normalized spacial score (nSPS) is 12.2. The molecule has 1 atom stereocenters. The highest BCUT2D eigenvalue weighted by Gasteiger charge is 2.02. The van der Waals surface area contributed by atoms with Crippen molar-refractivity contribution >= 4 is 34.3 Å². The van der Waals surface area contributed by atoms with Crippen molar-refractivity contribution in [2.45, 2.75) is 12.7 Å². The molecule has 6 heteroatoms. The van der Waals surface area contributed by atoms with Crippen molar-refractivity contribution in [2.24, 2.45) is 0 Å². The van der Waals surface area contributed by atoms with Gasteiger partial charge in [-0.3, -0.25) is 9.00 Å². The number of nitrogens with one attached hydrogen (secondary N) is 1. The summed E-state index contributed by atoms with van der Waals surface area (Å²) in [6.07, 6.45) is 0. The molecule has 1 aromatic carbocycles. The number of carbonyl (C=O) groups is 1. The van der Waals surface area contributed by atoms with Gasteiger partial charge in [-0.25, -0.2) is 0 Å². The van der Waals surface area contributed by atoms with Crippen molar-refractivity contribution in [3.8, 4) is 0 Å². The maximum Gasteiger partial charge on any atom is 0.221 e. The zero-order valence-corrected chi connectivity index (χ0v) is 9.52. The largest absolute Gasteiger partial charge is 0.772 e. The van der Waals surface area contributed by atoms with Gasteiger partial charge in [0.05, 0.1) is 0 Å². The summed E-state index contributed by atoms with van der Waals surface area (Å²) < 4.78 is 20.9. The summed E-state index contributed by atoms with van der Waals surface area (Å²) in [4.78, 5) is 10.7. The van der Waals surface area contributed by atoms with Crippen LogP contribution in [0.15, 0.2) is 18.2 Å². The number of amides is 1. The SMILES string of the molecule is CC(=O)Nc1ccc(CS(=O)[O-])c(Cl)c1. The van der Waals surface area contributed by atoms with Gasteiger partial charge in [-0.15, -0.1) is 0 Å². The summed E-state index contributed by atoms with van der Waals surface area (Å²) in [5.74, 6) is -0.328. The van der Waals surface area contributed by atoms with Gasteiger partial charge in [0, 0.05) is 23.4 Å². The van der Waals surface area contributed by atoms with Gasteiger partial charge in [0.15, 0.2) is 0 Å². The monoisotopic (exact) mass is 246 g/mol. The van der Waals surface area contributed by atoms with Crippen LogP contribution in [0.3, 0.4) is 0 Å². The molecule has 0 aliphatic rings. The lowest BCUT2D eigenvalue weighted by molar-refractivity contribution is -0.114. The molecule has 0 fully saturated rings. The van der Waals surface area contributed by atoms with Gasteiger partial charge in [-0.05, 0) is 17.7 Å². The minimum absolute atomic E-state index is 0.126. The van der Waals surface area contributed by atoms with Crippen LogP contribution in [-0.4, -0.2) is 14.7 Å². The Kier molecular flexibility index (Phi) is 4.26. The van der Waals surface area contributed by atoms with Crippen molar-refractivity contribution in [1.82, 2.24) is 0 Å². The van der Waals surface area contributed by atoms with E-state index in [1.807, 2.05) is 0 Å².